The van der Waals surface area contributed by atoms with Crippen LogP contribution in [0.1, 0.15) is 96.8 Å². The van der Waals surface area contributed by atoms with Crippen molar-refractivity contribution in [3.8, 4) is 0 Å². The van der Waals surface area contributed by atoms with Crippen LogP contribution in [0.25, 0.3) is 0 Å². The summed E-state index contributed by atoms with van der Waals surface area (Å²) in [6.07, 6.45) is 15.2. The monoisotopic (exact) mass is 274 g/mol. The summed E-state index contributed by atoms with van der Waals surface area (Å²) in [4.78, 5) is 0. The molecule has 0 saturated heterocycles. The molecule has 1 atom stereocenters. The van der Waals surface area contributed by atoms with Gasteiger partial charge in [0.25, 0.3) is 0 Å². The Labute approximate surface area is 120 Å². The Morgan fingerprint density at radius 3 is 1.58 bits per heavy atom. The maximum absolute atomic E-state index is 13.5. The lowest BCUT2D eigenvalue weighted by molar-refractivity contribution is 0.279. The molecule has 1 unspecified atom stereocenters. The average Bonchev–Trinajstić information content (AvgIpc) is 2.41. The molecule has 0 saturated carbocycles. The SMILES string of the molecule is CCCCCC(F)CCCCCCCCCCCO. The van der Waals surface area contributed by atoms with Gasteiger partial charge >= 0.3 is 0 Å². The first-order valence-electron chi connectivity index (χ1n) is 8.56. The molecule has 0 spiro atoms. The van der Waals surface area contributed by atoms with Crippen molar-refractivity contribution in [1.29, 1.82) is 0 Å². The van der Waals surface area contributed by atoms with Gasteiger partial charge in [0.05, 0.1) is 0 Å². The summed E-state index contributed by atoms with van der Waals surface area (Å²) in [7, 11) is 0. The van der Waals surface area contributed by atoms with E-state index in [1.54, 1.807) is 0 Å². The van der Waals surface area contributed by atoms with Gasteiger partial charge in [0.1, 0.15) is 6.17 Å². The van der Waals surface area contributed by atoms with Crippen LogP contribution in [0, 0.1) is 0 Å². The van der Waals surface area contributed by atoms with Crippen molar-refractivity contribution in [3.63, 3.8) is 0 Å². The molecular weight excluding hydrogens is 239 g/mol. The van der Waals surface area contributed by atoms with E-state index in [1.807, 2.05) is 0 Å². The Bertz CT molecular complexity index is 161. The minimum absolute atomic E-state index is 0.336. The van der Waals surface area contributed by atoms with Crippen molar-refractivity contribution in [2.75, 3.05) is 6.61 Å². The summed E-state index contributed by atoms with van der Waals surface area (Å²) in [5, 5.41) is 8.65. The van der Waals surface area contributed by atoms with Gasteiger partial charge in [0.15, 0.2) is 0 Å². The van der Waals surface area contributed by atoms with Gasteiger partial charge in [0.2, 0.25) is 0 Å². The third-order valence-corrected chi connectivity index (χ3v) is 3.80. The Morgan fingerprint density at radius 1 is 0.684 bits per heavy atom. The standard InChI is InChI=1S/C17H35FO/c1-2-3-11-14-17(18)15-12-9-7-5-4-6-8-10-13-16-19/h17,19H,2-16H2,1H3. The lowest BCUT2D eigenvalue weighted by Gasteiger charge is -2.07. The number of aliphatic hydroxyl groups excluding tert-OH is 1. The molecule has 0 aliphatic rings. The highest BCUT2D eigenvalue weighted by molar-refractivity contribution is 4.57. The van der Waals surface area contributed by atoms with Gasteiger partial charge in [-0.05, 0) is 19.3 Å². The molecule has 0 aliphatic carbocycles. The van der Waals surface area contributed by atoms with E-state index in [2.05, 4.69) is 6.92 Å². The smallest absolute Gasteiger partial charge is 0.100 e. The van der Waals surface area contributed by atoms with Crippen molar-refractivity contribution in [2.24, 2.45) is 0 Å². The molecule has 0 rings (SSSR count). The van der Waals surface area contributed by atoms with E-state index in [1.165, 1.54) is 51.4 Å². The third kappa shape index (κ3) is 15.8. The number of halogens is 1. The van der Waals surface area contributed by atoms with Crippen LogP contribution in [0.2, 0.25) is 0 Å². The molecule has 19 heavy (non-hydrogen) atoms. The van der Waals surface area contributed by atoms with Gasteiger partial charge in [-0.3, -0.25) is 0 Å². The number of hydrogen-bond donors (Lipinski definition) is 1. The number of alkyl halides is 1. The summed E-state index contributed by atoms with van der Waals surface area (Å²) in [6, 6.07) is 0. The topological polar surface area (TPSA) is 20.2 Å². The van der Waals surface area contributed by atoms with Gasteiger partial charge in [0, 0.05) is 6.61 Å². The van der Waals surface area contributed by atoms with Gasteiger partial charge in [-0.2, -0.15) is 0 Å². The quantitative estimate of drug-likeness (QED) is 0.374. The first-order valence-corrected chi connectivity index (χ1v) is 8.56. The first-order chi connectivity index (χ1) is 9.31. The van der Waals surface area contributed by atoms with Crippen molar-refractivity contribution in [1.82, 2.24) is 0 Å². The largest absolute Gasteiger partial charge is 0.396 e. The number of rotatable bonds is 15. The Hall–Kier alpha value is -0.110. The number of hydrogen-bond acceptors (Lipinski definition) is 1. The molecule has 0 fully saturated rings. The molecular formula is C17H35FO. The molecule has 116 valence electrons. The van der Waals surface area contributed by atoms with Crippen molar-refractivity contribution in [2.45, 2.75) is 103 Å². The molecule has 0 amide bonds. The predicted molar refractivity (Wildman–Crippen MR) is 82.3 cm³/mol. The van der Waals surface area contributed by atoms with Crippen molar-refractivity contribution in [3.05, 3.63) is 0 Å². The van der Waals surface area contributed by atoms with Crippen LogP contribution < -0.4 is 0 Å². The second-order valence-corrected chi connectivity index (χ2v) is 5.79. The Morgan fingerprint density at radius 2 is 1.11 bits per heavy atom. The third-order valence-electron chi connectivity index (χ3n) is 3.80. The van der Waals surface area contributed by atoms with Crippen LogP contribution in [-0.4, -0.2) is 17.9 Å². The zero-order chi connectivity index (χ0) is 14.2. The van der Waals surface area contributed by atoms with E-state index >= 15 is 0 Å². The maximum Gasteiger partial charge on any atom is 0.100 e. The van der Waals surface area contributed by atoms with Crippen molar-refractivity contribution < 1.29 is 9.50 Å². The molecule has 0 aromatic heterocycles. The fourth-order valence-corrected chi connectivity index (χ4v) is 2.48. The Balaban J connectivity index is 3.05. The second kappa shape index (κ2) is 15.9. The van der Waals surface area contributed by atoms with Crippen LogP contribution in [0.15, 0.2) is 0 Å². The average molecular weight is 274 g/mol. The summed E-state index contributed by atoms with van der Waals surface area (Å²) in [5.74, 6) is 0. The van der Waals surface area contributed by atoms with E-state index < -0.39 is 6.17 Å². The molecule has 1 N–H and O–H groups in total. The van der Waals surface area contributed by atoms with Crippen LogP contribution in [-0.2, 0) is 0 Å². The van der Waals surface area contributed by atoms with E-state index in [0.717, 1.165) is 38.5 Å². The molecule has 0 aliphatic heterocycles. The molecule has 0 bridgehead atoms. The molecule has 2 heteroatoms. The van der Waals surface area contributed by atoms with E-state index in [-0.39, 0.29) is 0 Å². The van der Waals surface area contributed by atoms with Gasteiger partial charge < -0.3 is 5.11 Å². The zero-order valence-corrected chi connectivity index (χ0v) is 13.0. The van der Waals surface area contributed by atoms with Crippen LogP contribution in [0.3, 0.4) is 0 Å². The number of aliphatic hydroxyl groups is 1. The lowest BCUT2D eigenvalue weighted by atomic mass is 10.0. The maximum atomic E-state index is 13.5. The highest BCUT2D eigenvalue weighted by Gasteiger charge is 2.05. The minimum atomic E-state index is -0.551. The fraction of sp³-hybridized carbons (Fsp3) is 1.00. The summed E-state index contributed by atoms with van der Waals surface area (Å²) < 4.78 is 13.5. The lowest BCUT2D eigenvalue weighted by Crippen LogP contribution is -1.99. The summed E-state index contributed by atoms with van der Waals surface area (Å²) in [6.45, 7) is 2.50. The van der Waals surface area contributed by atoms with Crippen molar-refractivity contribution >= 4 is 0 Å². The first kappa shape index (κ1) is 18.9. The minimum Gasteiger partial charge on any atom is -0.396 e. The highest BCUT2D eigenvalue weighted by Crippen LogP contribution is 2.15. The number of unbranched alkanes of at least 4 members (excludes halogenated alkanes) is 10. The predicted octanol–water partition coefficient (Wildman–Crippen LogP) is 5.80. The van der Waals surface area contributed by atoms with Crippen LogP contribution >= 0.6 is 0 Å². The zero-order valence-electron chi connectivity index (χ0n) is 13.0. The van der Waals surface area contributed by atoms with Gasteiger partial charge in [-0.25, -0.2) is 4.39 Å². The summed E-state index contributed by atoms with van der Waals surface area (Å²) in [5.41, 5.74) is 0. The molecule has 1 nitrogen and oxygen atoms in total. The molecule has 0 aromatic carbocycles. The molecule has 0 aromatic rings. The van der Waals surface area contributed by atoms with Gasteiger partial charge in [-0.1, -0.05) is 77.6 Å². The fourth-order valence-electron chi connectivity index (χ4n) is 2.48. The van der Waals surface area contributed by atoms with E-state index in [4.69, 9.17) is 5.11 Å². The molecule has 0 heterocycles. The van der Waals surface area contributed by atoms with E-state index in [9.17, 15) is 4.39 Å². The second-order valence-electron chi connectivity index (χ2n) is 5.79. The van der Waals surface area contributed by atoms with Crippen LogP contribution in [0.5, 0.6) is 0 Å². The molecule has 0 radical (unpaired) electrons. The van der Waals surface area contributed by atoms with E-state index in [0.29, 0.717) is 6.61 Å². The highest BCUT2D eigenvalue weighted by atomic mass is 19.1. The van der Waals surface area contributed by atoms with Crippen LogP contribution in [0.4, 0.5) is 4.39 Å². The normalized spacial score (nSPS) is 12.8. The Kier molecular flexibility index (Phi) is 15.9. The van der Waals surface area contributed by atoms with Gasteiger partial charge in [-0.15, -0.1) is 0 Å². The summed E-state index contributed by atoms with van der Waals surface area (Å²) >= 11 is 0.